The van der Waals surface area contributed by atoms with Crippen molar-refractivity contribution in [3.63, 3.8) is 0 Å². The summed E-state index contributed by atoms with van der Waals surface area (Å²) in [4.78, 5) is 24.0. The minimum atomic E-state index is -0.496. The number of para-hydroxylation sites is 1. The molecule has 0 radical (unpaired) electrons. The molecule has 4 nitrogen and oxygen atoms in total. The molecule has 0 spiro atoms. The summed E-state index contributed by atoms with van der Waals surface area (Å²) in [5, 5.41) is 2.79. The molecule has 4 heteroatoms. The van der Waals surface area contributed by atoms with Gasteiger partial charge in [0.1, 0.15) is 0 Å². The van der Waals surface area contributed by atoms with Crippen LogP contribution < -0.4 is 5.32 Å². The van der Waals surface area contributed by atoms with Crippen molar-refractivity contribution in [1.82, 2.24) is 0 Å². The zero-order valence-corrected chi connectivity index (χ0v) is 13.9. The maximum Gasteiger partial charge on any atom is 0.338 e. The van der Waals surface area contributed by atoms with Crippen LogP contribution in [0.1, 0.15) is 32.6 Å². The molecule has 120 valence electrons. The molecular formula is C19H21NO3. The summed E-state index contributed by atoms with van der Waals surface area (Å²) in [7, 11) is 0. The van der Waals surface area contributed by atoms with Gasteiger partial charge in [-0.25, -0.2) is 4.79 Å². The molecule has 23 heavy (non-hydrogen) atoms. The van der Waals surface area contributed by atoms with E-state index >= 15 is 0 Å². The Morgan fingerprint density at radius 3 is 2.17 bits per heavy atom. The van der Waals surface area contributed by atoms with E-state index in [1.807, 2.05) is 52.0 Å². The second-order valence-corrected chi connectivity index (χ2v) is 5.69. The Morgan fingerprint density at radius 2 is 1.57 bits per heavy atom. The molecule has 0 aliphatic rings. The van der Waals surface area contributed by atoms with Crippen molar-refractivity contribution in [2.24, 2.45) is 0 Å². The number of aryl methyl sites for hydroxylation is 4. The fourth-order valence-corrected chi connectivity index (χ4v) is 2.27. The summed E-state index contributed by atoms with van der Waals surface area (Å²) in [6.45, 7) is 7.44. The molecule has 1 amide bonds. The number of ether oxygens (including phenoxy) is 1. The maximum absolute atomic E-state index is 12.0. The fourth-order valence-electron chi connectivity index (χ4n) is 2.27. The van der Waals surface area contributed by atoms with Gasteiger partial charge in [-0.1, -0.05) is 24.3 Å². The highest BCUT2D eigenvalue weighted by Gasteiger charge is 2.12. The van der Waals surface area contributed by atoms with Crippen LogP contribution in [0.5, 0.6) is 0 Å². The van der Waals surface area contributed by atoms with E-state index in [2.05, 4.69) is 5.32 Å². The van der Waals surface area contributed by atoms with Crippen LogP contribution in [0.2, 0.25) is 0 Å². The SMILES string of the molecule is Cc1ccc(C(=O)OCC(=O)Nc2c(C)cccc2C)cc1C. The van der Waals surface area contributed by atoms with E-state index in [1.54, 1.807) is 12.1 Å². The topological polar surface area (TPSA) is 55.4 Å². The Labute approximate surface area is 136 Å². The van der Waals surface area contributed by atoms with Gasteiger partial charge in [0.05, 0.1) is 5.56 Å². The summed E-state index contributed by atoms with van der Waals surface area (Å²) in [6.07, 6.45) is 0. The highest BCUT2D eigenvalue weighted by atomic mass is 16.5. The summed E-state index contributed by atoms with van der Waals surface area (Å²) in [5.41, 5.74) is 5.28. The van der Waals surface area contributed by atoms with E-state index in [4.69, 9.17) is 4.74 Å². The minimum Gasteiger partial charge on any atom is -0.452 e. The van der Waals surface area contributed by atoms with Crippen LogP contribution in [0.3, 0.4) is 0 Å². The molecule has 0 saturated carbocycles. The molecule has 0 unspecified atom stereocenters. The third kappa shape index (κ3) is 4.19. The molecule has 0 heterocycles. The number of esters is 1. The Morgan fingerprint density at radius 1 is 0.913 bits per heavy atom. The van der Waals surface area contributed by atoms with Gasteiger partial charge in [-0.15, -0.1) is 0 Å². The van der Waals surface area contributed by atoms with E-state index in [9.17, 15) is 9.59 Å². The maximum atomic E-state index is 12.0. The molecule has 0 aliphatic carbocycles. The molecule has 1 N–H and O–H groups in total. The van der Waals surface area contributed by atoms with Crippen molar-refractivity contribution < 1.29 is 14.3 Å². The van der Waals surface area contributed by atoms with Gasteiger partial charge >= 0.3 is 5.97 Å². The van der Waals surface area contributed by atoms with Crippen LogP contribution in [0.25, 0.3) is 0 Å². The first kappa shape index (κ1) is 16.7. The summed E-state index contributed by atoms with van der Waals surface area (Å²) >= 11 is 0. The molecule has 0 atom stereocenters. The number of nitrogens with one attached hydrogen (secondary N) is 1. The number of anilines is 1. The lowest BCUT2D eigenvalue weighted by atomic mass is 10.1. The average molecular weight is 311 g/mol. The van der Waals surface area contributed by atoms with Gasteiger partial charge in [0.2, 0.25) is 0 Å². The lowest BCUT2D eigenvalue weighted by Crippen LogP contribution is -2.21. The molecule has 0 bridgehead atoms. The molecular weight excluding hydrogens is 290 g/mol. The van der Waals surface area contributed by atoms with Crippen molar-refractivity contribution in [3.8, 4) is 0 Å². The number of benzene rings is 2. The second kappa shape index (κ2) is 7.09. The van der Waals surface area contributed by atoms with E-state index in [0.717, 1.165) is 27.9 Å². The highest BCUT2D eigenvalue weighted by Crippen LogP contribution is 2.19. The quantitative estimate of drug-likeness (QED) is 0.876. The predicted octanol–water partition coefficient (Wildman–Crippen LogP) is 3.72. The van der Waals surface area contributed by atoms with Gasteiger partial charge in [0.25, 0.3) is 5.91 Å². The van der Waals surface area contributed by atoms with Crippen molar-refractivity contribution in [2.75, 3.05) is 11.9 Å². The van der Waals surface area contributed by atoms with Gasteiger partial charge in [0, 0.05) is 5.69 Å². The Balaban J connectivity index is 1.96. The van der Waals surface area contributed by atoms with Crippen LogP contribution in [0, 0.1) is 27.7 Å². The number of hydrogen-bond acceptors (Lipinski definition) is 3. The monoisotopic (exact) mass is 311 g/mol. The molecule has 0 aromatic heterocycles. The lowest BCUT2D eigenvalue weighted by molar-refractivity contribution is -0.119. The largest absolute Gasteiger partial charge is 0.452 e. The van der Waals surface area contributed by atoms with Crippen LogP contribution in [0.15, 0.2) is 36.4 Å². The number of rotatable bonds is 4. The zero-order valence-electron chi connectivity index (χ0n) is 13.9. The van der Waals surface area contributed by atoms with Crippen LogP contribution in [-0.4, -0.2) is 18.5 Å². The van der Waals surface area contributed by atoms with Crippen LogP contribution >= 0.6 is 0 Å². The first-order chi connectivity index (χ1) is 10.9. The molecule has 2 rings (SSSR count). The standard InChI is InChI=1S/C19H21NO3/c1-12-8-9-16(10-15(12)4)19(22)23-11-17(21)20-18-13(2)6-5-7-14(18)3/h5-10H,11H2,1-4H3,(H,20,21). The molecule has 0 saturated heterocycles. The van der Waals surface area contributed by atoms with E-state index < -0.39 is 5.97 Å². The number of carbonyl (C=O) groups is 2. The van der Waals surface area contributed by atoms with E-state index in [-0.39, 0.29) is 12.5 Å². The molecule has 0 aliphatic heterocycles. The Bertz CT molecular complexity index is 730. The van der Waals surface area contributed by atoms with E-state index in [0.29, 0.717) is 5.56 Å². The normalized spacial score (nSPS) is 10.3. The summed E-state index contributed by atoms with van der Waals surface area (Å²) in [6, 6.07) is 11.1. The predicted molar refractivity (Wildman–Crippen MR) is 90.7 cm³/mol. The number of hydrogen-bond donors (Lipinski definition) is 1. The second-order valence-electron chi connectivity index (χ2n) is 5.69. The molecule has 2 aromatic rings. The first-order valence-electron chi connectivity index (χ1n) is 7.49. The third-order valence-electron chi connectivity index (χ3n) is 3.82. The lowest BCUT2D eigenvalue weighted by Gasteiger charge is -2.12. The summed E-state index contributed by atoms with van der Waals surface area (Å²) < 4.78 is 5.09. The highest BCUT2D eigenvalue weighted by molar-refractivity contribution is 5.96. The zero-order chi connectivity index (χ0) is 17.0. The van der Waals surface area contributed by atoms with Crippen LogP contribution in [-0.2, 0) is 9.53 Å². The Kier molecular flexibility index (Phi) is 5.16. The number of carbonyl (C=O) groups excluding carboxylic acids is 2. The van der Waals surface area contributed by atoms with E-state index in [1.165, 1.54) is 0 Å². The van der Waals surface area contributed by atoms with Gasteiger partial charge in [-0.3, -0.25) is 4.79 Å². The van der Waals surface area contributed by atoms with Gasteiger partial charge in [0.15, 0.2) is 6.61 Å². The van der Waals surface area contributed by atoms with Crippen molar-refractivity contribution in [3.05, 3.63) is 64.2 Å². The van der Waals surface area contributed by atoms with Crippen LogP contribution in [0.4, 0.5) is 5.69 Å². The fraction of sp³-hybridized carbons (Fsp3) is 0.263. The number of amides is 1. The Hall–Kier alpha value is -2.62. The molecule has 2 aromatic carbocycles. The summed E-state index contributed by atoms with van der Waals surface area (Å²) in [5.74, 6) is -0.843. The first-order valence-corrected chi connectivity index (χ1v) is 7.49. The van der Waals surface area contributed by atoms with Gasteiger partial charge in [-0.2, -0.15) is 0 Å². The third-order valence-corrected chi connectivity index (χ3v) is 3.82. The smallest absolute Gasteiger partial charge is 0.338 e. The van der Waals surface area contributed by atoms with Crippen molar-refractivity contribution >= 4 is 17.6 Å². The van der Waals surface area contributed by atoms with Gasteiger partial charge in [-0.05, 0) is 62.1 Å². The van der Waals surface area contributed by atoms with Gasteiger partial charge < -0.3 is 10.1 Å². The van der Waals surface area contributed by atoms with Crippen molar-refractivity contribution in [1.29, 1.82) is 0 Å². The minimum absolute atomic E-state index is 0.306. The van der Waals surface area contributed by atoms with Crippen molar-refractivity contribution in [2.45, 2.75) is 27.7 Å². The molecule has 0 fully saturated rings. The average Bonchev–Trinajstić information content (AvgIpc) is 2.51.